The van der Waals surface area contributed by atoms with Crippen molar-refractivity contribution in [2.24, 2.45) is 0 Å². The smallest absolute Gasteiger partial charge is 0.192 e. The minimum atomic E-state index is 0.734. The van der Waals surface area contributed by atoms with Crippen LogP contribution in [0.1, 0.15) is 11.1 Å². The summed E-state index contributed by atoms with van der Waals surface area (Å²) in [5, 5.41) is 4.13. The van der Waals surface area contributed by atoms with Crippen molar-refractivity contribution in [2.75, 3.05) is 20.3 Å². The molecule has 0 atom stereocenters. The van der Waals surface area contributed by atoms with Crippen molar-refractivity contribution >= 4 is 11.8 Å². The molecule has 106 valence electrons. The third kappa shape index (κ3) is 4.59. The molecule has 4 nitrogen and oxygen atoms in total. The second-order valence-corrected chi connectivity index (χ2v) is 5.43. The predicted molar refractivity (Wildman–Crippen MR) is 80.9 cm³/mol. The van der Waals surface area contributed by atoms with E-state index in [1.807, 2.05) is 6.07 Å². The molecule has 1 aromatic carbocycles. The van der Waals surface area contributed by atoms with Gasteiger partial charge in [0.1, 0.15) is 0 Å². The maximum Gasteiger partial charge on any atom is 0.192 e. The predicted octanol–water partition coefficient (Wildman–Crippen LogP) is 2.67. The number of hydrogen-bond acceptors (Lipinski definition) is 5. The molecular weight excluding hydrogens is 270 g/mol. The van der Waals surface area contributed by atoms with Crippen molar-refractivity contribution < 1.29 is 4.74 Å². The number of ether oxygens (including phenoxy) is 1. The number of rotatable bonds is 7. The van der Waals surface area contributed by atoms with Gasteiger partial charge >= 0.3 is 0 Å². The van der Waals surface area contributed by atoms with Crippen LogP contribution < -0.4 is 5.32 Å². The summed E-state index contributed by atoms with van der Waals surface area (Å²) in [7, 11) is 1.71. The Hall–Kier alpha value is -1.43. The first-order chi connectivity index (χ1) is 9.79. The van der Waals surface area contributed by atoms with E-state index in [-0.39, 0.29) is 0 Å². The SMILES string of the molecule is COCCNCc1ccc(Sc2ncccn2)cc1C. The van der Waals surface area contributed by atoms with Crippen LogP contribution in [-0.4, -0.2) is 30.2 Å². The van der Waals surface area contributed by atoms with Crippen LogP contribution in [-0.2, 0) is 11.3 Å². The first-order valence-corrected chi connectivity index (χ1v) is 7.35. The average molecular weight is 289 g/mol. The number of methoxy groups -OCH3 is 1. The van der Waals surface area contributed by atoms with E-state index < -0.39 is 0 Å². The monoisotopic (exact) mass is 289 g/mol. The highest BCUT2D eigenvalue weighted by Crippen LogP contribution is 2.25. The fraction of sp³-hybridized carbons (Fsp3) is 0.333. The van der Waals surface area contributed by atoms with E-state index in [9.17, 15) is 0 Å². The Morgan fingerprint density at radius 3 is 2.75 bits per heavy atom. The molecule has 20 heavy (non-hydrogen) atoms. The highest BCUT2D eigenvalue weighted by atomic mass is 32.2. The van der Waals surface area contributed by atoms with Gasteiger partial charge in [-0.3, -0.25) is 0 Å². The molecule has 0 spiro atoms. The Morgan fingerprint density at radius 1 is 1.25 bits per heavy atom. The first kappa shape index (κ1) is 15.0. The van der Waals surface area contributed by atoms with Crippen LogP contribution in [0.15, 0.2) is 46.7 Å². The van der Waals surface area contributed by atoms with Gasteiger partial charge in [-0.25, -0.2) is 9.97 Å². The third-order valence-corrected chi connectivity index (χ3v) is 3.75. The van der Waals surface area contributed by atoms with E-state index >= 15 is 0 Å². The van der Waals surface area contributed by atoms with Gasteiger partial charge in [0.2, 0.25) is 0 Å². The molecule has 1 aromatic heterocycles. The topological polar surface area (TPSA) is 47.0 Å². The molecule has 0 aliphatic carbocycles. The van der Waals surface area contributed by atoms with Crippen molar-refractivity contribution in [3.05, 3.63) is 47.8 Å². The van der Waals surface area contributed by atoms with E-state index in [1.54, 1.807) is 31.3 Å². The van der Waals surface area contributed by atoms with Crippen LogP contribution in [0.3, 0.4) is 0 Å². The summed E-state index contributed by atoms with van der Waals surface area (Å²) in [4.78, 5) is 9.61. The van der Waals surface area contributed by atoms with E-state index in [0.717, 1.165) is 29.7 Å². The second kappa shape index (κ2) is 7.99. The number of aryl methyl sites for hydroxylation is 1. The van der Waals surface area contributed by atoms with Crippen molar-refractivity contribution in [2.45, 2.75) is 23.5 Å². The molecule has 2 rings (SSSR count). The summed E-state index contributed by atoms with van der Waals surface area (Å²) in [6, 6.07) is 8.26. The van der Waals surface area contributed by atoms with E-state index in [1.165, 1.54) is 11.1 Å². The molecule has 0 saturated heterocycles. The molecule has 0 bridgehead atoms. The third-order valence-electron chi connectivity index (χ3n) is 2.86. The Balaban J connectivity index is 1.95. The normalized spacial score (nSPS) is 10.7. The minimum Gasteiger partial charge on any atom is -0.383 e. The van der Waals surface area contributed by atoms with Gasteiger partial charge in [0.25, 0.3) is 0 Å². The van der Waals surface area contributed by atoms with Gasteiger partial charge in [-0.1, -0.05) is 6.07 Å². The van der Waals surface area contributed by atoms with Gasteiger partial charge in [-0.05, 0) is 48.0 Å². The molecule has 0 fully saturated rings. The molecule has 0 radical (unpaired) electrons. The molecule has 1 N–H and O–H groups in total. The van der Waals surface area contributed by atoms with Gasteiger partial charge in [0, 0.05) is 37.5 Å². The Labute approximate surface area is 124 Å². The number of hydrogen-bond donors (Lipinski definition) is 1. The highest BCUT2D eigenvalue weighted by Gasteiger charge is 2.03. The number of nitrogens with one attached hydrogen (secondary N) is 1. The quantitative estimate of drug-likeness (QED) is 0.627. The molecule has 0 aliphatic heterocycles. The molecule has 0 amide bonds. The zero-order chi connectivity index (χ0) is 14.2. The molecule has 0 aliphatic rings. The molecule has 0 saturated carbocycles. The lowest BCUT2D eigenvalue weighted by molar-refractivity contribution is 0.199. The van der Waals surface area contributed by atoms with Crippen LogP contribution in [0.2, 0.25) is 0 Å². The second-order valence-electron chi connectivity index (χ2n) is 4.39. The van der Waals surface area contributed by atoms with Crippen LogP contribution in [0.5, 0.6) is 0 Å². The van der Waals surface area contributed by atoms with Crippen molar-refractivity contribution in [3.63, 3.8) is 0 Å². The fourth-order valence-corrected chi connectivity index (χ4v) is 2.58. The number of aromatic nitrogens is 2. The lowest BCUT2D eigenvalue weighted by Crippen LogP contribution is -2.19. The standard InChI is InChI=1S/C15H19N3OS/c1-12-10-14(20-15-17-6-3-7-18-15)5-4-13(12)11-16-8-9-19-2/h3-7,10,16H,8-9,11H2,1-2H3. The van der Waals surface area contributed by atoms with Gasteiger partial charge in [-0.2, -0.15) is 0 Å². The summed E-state index contributed by atoms with van der Waals surface area (Å²) in [5.74, 6) is 0. The summed E-state index contributed by atoms with van der Waals surface area (Å²) in [5.41, 5.74) is 2.58. The largest absolute Gasteiger partial charge is 0.383 e. The number of nitrogens with zero attached hydrogens (tertiary/aromatic N) is 2. The zero-order valence-electron chi connectivity index (χ0n) is 11.8. The van der Waals surface area contributed by atoms with Gasteiger partial charge < -0.3 is 10.1 Å². The molecule has 0 unspecified atom stereocenters. The van der Waals surface area contributed by atoms with Crippen LogP contribution in [0.25, 0.3) is 0 Å². The van der Waals surface area contributed by atoms with Crippen LogP contribution in [0.4, 0.5) is 0 Å². The highest BCUT2D eigenvalue weighted by molar-refractivity contribution is 7.99. The van der Waals surface area contributed by atoms with Crippen LogP contribution >= 0.6 is 11.8 Å². The molecule has 5 heteroatoms. The van der Waals surface area contributed by atoms with Crippen LogP contribution in [0, 0.1) is 6.92 Å². The van der Waals surface area contributed by atoms with Gasteiger partial charge in [0.15, 0.2) is 5.16 Å². The molecule has 2 aromatic rings. The van der Waals surface area contributed by atoms with Crippen molar-refractivity contribution in [1.29, 1.82) is 0 Å². The zero-order valence-corrected chi connectivity index (χ0v) is 12.6. The fourth-order valence-electron chi connectivity index (χ4n) is 1.77. The first-order valence-electron chi connectivity index (χ1n) is 6.53. The summed E-state index contributed by atoms with van der Waals surface area (Å²) in [6.07, 6.45) is 3.52. The lowest BCUT2D eigenvalue weighted by atomic mass is 10.1. The summed E-state index contributed by atoms with van der Waals surface area (Å²) in [6.45, 7) is 4.59. The van der Waals surface area contributed by atoms with Crippen molar-refractivity contribution in [1.82, 2.24) is 15.3 Å². The Bertz CT molecular complexity index is 534. The Kier molecular flexibility index (Phi) is 5.98. The van der Waals surface area contributed by atoms with Crippen molar-refractivity contribution in [3.8, 4) is 0 Å². The minimum absolute atomic E-state index is 0.734. The summed E-state index contributed by atoms with van der Waals surface area (Å²) < 4.78 is 5.02. The maximum absolute atomic E-state index is 5.02. The lowest BCUT2D eigenvalue weighted by Gasteiger charge is -2.09. The van der Waals surface area contributed by atoms with Gasteiger partial charge in [-0.15, -0.1) is 0 Å². The van der Waals surface area contributed by atoms with E-state index in [2.05, 4.69) is 40.4 Å². The van der Waals surface area contributed by atoms with E-state index in [0.29, 0.717) is 0 Å². The average Bonchev–Trinajstić information content (AvgIpc) is 2.46. The van der Waals surface area contributed by atoms with E-state index in [4.69, 9.17) is 4.74 Å². The molecular formula is C15H19N3OS. The molecule has 1 heterocycles. The maximum atomic E-state index is 5.02. The summed E-state index contributed by atoms with van der Waals surface area (Å²) >= 11 is 1.58. The Morgan fingerprint density at radius 2 is 2.05 bits per heavy atom. The van der Waals surface area contributed by atoms with Gasteiger partial charge in [0.05, 0.1) is 6.61 Å². The number of benzene rings is 1.